The van der Waals surface area contributed by atoms with Gasteiger partial charge in [0.05, 0.1) is 5.69 Å². The van der Waals surface area contributed by atoms with Crippen LogP contribution in [0.4, 0.5) is 5.69 Å². The van der Waals surface area contributed by atoms with E-state index in [4.69, 9.17) is 4.84 Å². The molecule has 0 amide bonds. The third kappa shape index (κ3) is 3.32. The van der Waals surface area contributed by atoms with Gasteiger partial charge < -0.3 is 9.39 Å². The number of benzene rings is 2. The molecule has 0 bridgehead atoms. The summed E-state index contributed by atoms with van der Waals surface area (Å²) in [4.78, 5) is 5.57. The maximum atomic E-state index is 10.8. The molecule has 0 fully saturated rings. The Kier molecular flexibility index (Phi) is 3.96. The Balaban J connectivity index is 2.06. The molecular weight excluding hydrogens is 250 g/mol. The first-order valence-corrected chi connectivity index (χ1v) is 6.41. The molecule has 0 aliphatic heterocycles. The van der Waals surface area contributed by atoms with E-state index in [1.807, 2.05) is 31.2 Å². The van der Waals surface area contributed by atoms with Crippen LogP contribution >= 0.6 is 0 Å². The maximum absolute atomic E-state index is 10.8. The molecule has 1 N–H and O–H groups in total. The van der Waals surface area contributed by atoms with E-state index in [-0.39, 0.29) is 4.90 Å². The monoisotopic (exact) mass is 262 g/mol. The SMILES string of the molecule is Cc1cccc(ONc2cccc(S(=O)[O-])c2)c1. The Morgan fingerprint density at radius 1 is 1.17 bits per heavy atom. The van der Waals surface area contributed by atoms with E-state index in [9.17, 15) is 8.76 Å². The summed E-state index contributed by atoms with van der Waals surface area (Å²) in [5.41, 5.74) is 4.38. The fourth-order valence-electron chi connectivity index (χ4n) is 1.46. The minimum Gasteiger partial charge on any atom is -0.768 e. The van der Waals surface area contributed by atoms with E-state index < -0.39 is 11.1 Å². The van der Waals surface area contributed by atoms with E-state index in [0.717, 1.165) is 5.56 Å². The molecule has 2 aromatic carbocycles. The van der Waals surface area contributed by atoms with Crippen molar-refractivity contribution in [1.82, 2.24) is 0 Å². The van der Waals surface area contributed by atoms with Gasteiger partial charge in [-0.15, -0.1) is 0 Å². The van der Waals surface area contributed by atoms with Crippen LogP contribution in [-0.2, 0) is 11.1 Å². The quantitative estimate of drug-likeness (QED) is 0.679. The van der Waals surface area contributed by atoms with Crippen molar-refractivity contribution >= 4 is 16.8 Å². The number of aryl methyl sites for hydroxylation is 1. The zero-order valence-corrected chi connectivity index (χ0v) is 10.6. The first-order valence-electron chi connectivity index (χ1n) is 5.34. The summed E-state index contributed by atoms with van der Waals surface area (Å²) < 4.78 is 21.6. The number of nitrogens with one attached hydrogen (secondary N) is 1. The van der Waals surface area contributed by atoms with Crippen LogP contribution in [0, 0.1) is 6.92 Å². The summed E-state index contributed by atoms with van der Waals surface area (Å²) in [6.07, 6.45) is 0. The summed E-state index contributed by atoms with van der Waals surface area (Å²) in [5.74, 6) is 0.670. The van der Waals surface area contributed by atoms with Crippen molar-refractivity contribution in [3.8, 4) is 5.75 Å². The van der Waals surface area contributed by atoms with Crippen LogP contribution in [-0.4, -0.2) is 8.76 Å². The van der Waals surface area contributed by atoms with E-state index in [1.54, 1.807) is 12.1 Å². The molecule has 0 heterocycles. The standard InChI is InChI=1S/C13H13NO3S/c1-10-4-2-6-12(8-10)17-14-11-5-3-7-13(9-11)18(15)16/h2-9,14H,1H3,(H,15,16)/p-1. The minimum atomic E-state index is -2.24. The molecule has 0 aromatic heterocycles. The van der Waals surface area contributed by atoms with E-state index >= 15 is 0 Å². The van der Waals surface area contributed by atoms with Crippen LogP contribution in [0.5, 0.6) is 5.75 Å². The number of hydrogen-bond acceptors (Lipinski definition) is 4. The lowest BCUT2D eigenvalue weighted by molar-refractivity contribution is 0.404. The lowest BCUT2D eigenvalue weighted by atomic mass is 10.2. The van der Waals surface area contributed by atoms with Gasteiger partial charge in [0.2, 0.25) is 0 Å². The minimum absolute atomic E-state index is 0.216. The molecular formula is C13H12NO3S-. The van der Waals surface area contributed by atoms with Crippen LogP contribution in [0.25, 0.3) is 0 Å². The lowest BCUT2D eigenvalue weighted by Gasteiger charge is -2.11. The lowest BCUT2D eigenvalue weighted by Crippen LogP contribution is -2.05. The fourth-order valence-corrected chi connectivity index (χ4v) is 1.87. The highest BCUT2D eigenvalue weighted by atomic mass is 32.2. The van der Waals surface area contributed by atoms with Gasteiger partial charge in [-0.05, 0) is 53.9 Å². The Labute approximate surface area is 108 Å². The highest BCUT2D eigenvalue weighted by Gasteiger charge is 1.98. The number of anilines is 1. The molecule has 4 nitrogen and oxygen atoms in total. The normalized spacial score (nSPS) is 11.9. The summed E-state index contributed by atoms with van der Waals surface area (Å²) in [6, 6.07) is 13.9. The molecule has 0 aliphatic rings. The summed E-state index contributed by atoms with van der Waals surface area (Å²) >= 11 is -2.24. The second-order valence-corrected chi connectivity index (χ2v) is 4.72. The van der Waals surface area contributed by atoms with Gasteiger partial charge in [-0.25, -0.2) is 5.48 Å². The molecule has 0 radical (unpaired) electrons. The first-order chi connectivity index (χ1) is 8.65. The second-order valence-electron chi connectivity index (χ2n) is 3.78. The highest BCUT2D eigenvalue weighted by molar-refractivity contribution is 7.79. The van der Waals surface area contributed by atoms with Crippen molar-refractivity contribution in [2.75, 3.05) is 5.48 Å². The molecule has 94 valence electrons. The first kappa shape index (κ1) is 12.6. The van der Waals surface area contributed by atoms with Crippen molar-refractivity contribution in [3.63, 3.8) is 0 Å². The molecule has 5 heteroatoms. The Morgan fingerprint density at radius 2 is 1.94 bits per heavy atom. The van der Waals surface area contributed by atoms with Gasteiger partial charge in [0.15, 0.2) is 5.75 Å². The summed E-state index contributed by atoms with van der Waals surface area (Å²) in [5, 5.41) is 0. The average molecular weight is 262 g/mol. The Hall–Kier alpha value is -1.85. The molecule has 1 unspecified atom stereocenters. The highest BCUT2D eigenvalue weighted by Crippen LogP contribution is 2.16. The summed E-state index contributed by atoms with van der Waals surface area (Å²) in [6.45, 7) is 1.97. The fraction of sp³-hybridized carbons (Fsp3) is 0.0769. The van der Waals surface area contributed by atoms with E-state index in [0.29, 0.717) is 11.4 Å². The molecule has 2 aromatic rings. The smallest absolute Gasteiger partial charge is 0.155 e. The van der Waals surface area contributed by atoms with Crippen molar-refractivity contribution in [1.29, 1.82) is 0 Å². The maximum Gasteiger partial charge on any atom is 0.155 e. The zero-order valence-electron chi connectivity index (χ0n) is 9.75. The van der Waals surface area contributed by atoms with Gasteiger partial charge in [0.1, 0.15) is 0 Å². The van der Waals surface area contributed by atoms with Gasteiger partial charge in [0, 0.05) is 4.90 Å². The third-order valence-electron chi connectivity index (χ3n) is 2.30. The Bertz CT molecular complexity index is 572. The van der Waals surface area contributed by atoms with Gasteiger partial charge in [-0.1, -0.05) is 18.2 Å². The van der Waals surface area contributed by atoms with Crippen LogP contribution < -0.4 is 10.3 Å². The van der Waals surface area contributed by atoms with Crippen molar-refractivity contribution in [2.45, 2.75) is 11.8 Å². The van der Waals surface area contributed by atoms with Crippen molar-refractivity contribution in [2.24, 2.45) is 0 Å². The van der Waals surface area contributed by atoms with Gasteiger partial charge in [-0.2, -0.15) is 0 Å². The molecule has 0 spiro atoms. The molecule has 18 heavy (non-hydrogen) atoms. The zero-order chi connectivity index (χ0) is 13.0. The molecule has 2 rings (SSSR count). The third-order valence-corrected chi connectivity index (χ3v) is 2.94. The predicted molar refractivity (Wildman–Crippen MR) is 69.1 cm³/mol. The predicted octanol–water partition coefficient (Wildman–Crippen LogP) is 2.64. The molecule has 0 saturated heterocycles. The van der Waals surface area contributed by atoms with Crippen molar-refractivity contribution in [3.05, 3.63) is 54.1 Å². The Morgan fingerprint density at radius 3 is 2.67 bits per heavy atom. The van der Waals surface area contributed by atoms with Crippen LogP contribution in [0.1, 0.15) is 5.56 Å². The largest absolute Gasteiger partial charge is 0.768 e. The van der Waals surface area contributed by atoms with Gasteiger partial charge in [0.25, 0.3) is 0 Å². The van der Waals surface area contributed by atoms with Crippen molar-refractivity contribution < 1.29 is 13.6 Å². The summed E-state index contributed by atoms with van der Waals surface area (Å²) in [7, 11) is 0. The van der Waals surface area contributed by atoms with Gasteiger partial charge >= 0.3 is 0 Å². The topological polar surface area (TPSA) is 61.4 Å². The van der Waals surface area contributed by atoms with E-state index in [2.05, 4.69) is 5.48 Å². The molecule has 1 atom stereocenters. The van der Waals surface area contributed by atoms with E-state index in [1.165, 1.54) is 12.1 Å². The van der Waals surface area contributed by atoms with Crippen LogP contribution in [0.15, 0.2) is 53.4 Å². The van der Waals surface area contributed by atoms with Gasteiger partial charge in [-0.3, -0.25) is 4.21 Å². The van der Waals surface area contributed by atoms with Crippen LogP contribution in [0.2, 0.25) is 0 Å². The average Bonchev–Trinajstić information content (AvgIpc) is 2.37. The van der Waals surface area contributed by atoms with Crippen LogP contribution in [0.3, 0.4) is 0 Å². The number of rotatable bonds is 4. The second kappa shape index (κ2) is 5.66. The number of hydrogen-bond donors (Lipinski definition) is 1. The molecule has 0 saturated carbocycles. The molecule has 0 aliphatic carbocycles.